The fourth-order valence-corrected chi connectivity index (χ4v) is 1.72. The molecule has 0 spiro atoms. The van der Waals surface area contributed by atoms with Crippen LogP contribution in [0, 0.1) is 0 Å². The van der Waals surface area contributed by atoms with Crippen LogP contribution >= 0.6 is 0 Å². The Kier molecular flexibility index (Phi) is 5.12. The van der Waals surface area contributed by atoms with Crippen molar-refractivity contribution in [3.05, 3.63) is 23.8 Å². The molecule has 0 bridgehead atoms. The van der Waals surface area contributed by atoms with E-state index in [1.54, 1.807) is 19.2 Å². The zero-order valence-corrected chi connectivity index (χ0v) is 10.4. The van der Waals surface area contributed by atoms with Crippen molar-refractivity contribution in [2.75, 3.05) is 20.2 Å². The van der Waals surface area contributed by atoms with Gasteiger partial charge >= 0.3 is 0 Å². The van der Waals surface area contributed by atoms with Crippen LogP contribution in [0.25, 0.3) is 0 Å². The van der Waals surface area contributed by atoms with Crippen molar-refractivity contribution in [2.24, 2.45) is 0 Å². The first kappa shape index (κ1) is 12.8. The van der Waals surface area contributed by atoms with Crippen LogP contribution in [0.1, 0.15) is 25.8 Å². The van der Waals surface area contributed by atoms with Gasteiger partial charge in [-0.25, -0.2) is 0 Å². The molecule has 0 aliphatic carbocycles. The van der Waals surface area contributed by atoms with Crippen molar-refractivity contribution in [2.45, 2.75) is 26.8 Å². The fraction of sp³-hybridized carbons (Fsp3) is 0.538. The molecule has 1 N–H and O–H groups in total. The van der Waals surface area contributed by atoms with E-state index in [0.717, 1.165) is 37.4 Å². The molecular formula is C13H21NO2. The van der Waals surface area contributed by atoms with Crippen molar-refractivity contribution in [3.8, 4) is 11.5 Å². The average Bonchev–Trinajstić information content (AvgIpc) is 2.31. The van der Waals surface area contributed by atoms with E-state index in [1.807, 2.05) is 6.07 Å². The van der Waals surface area contributed by atoms with Crippen LogP contribution in [-0.2, 0) is 6.54 Å². The first-order valence-electron chi connectivity index (χ1n) is 5.79. The zero-order valence-electron chi connectivity index (χ0n) is 10.4. The normalized spacial score (nSPS) is 10.8. The molecular weight excluding hydrogens is 202 g/mol. The number of phenols is 1. The number of benzene rings is 1. The SMILES string of the molecule is CCCN(CC)Cc1cc(OC)ccc1O. The van der Waals surface area contributed by atoms with Crippen LogP contribution in [0.5, 0.6) is 11.5 Å². The molecule has 1 aromatic carbocycles. The summed E-state index contributed by atoms with van der Waals surface area (Å²) in [4.78, 5) is 2.30. The molecule has 0 radical (unpaired) electrons. The highest BCUT2D eigenvalue weighted by Gasteiger charge is 2.07. The monoisotopic (exact) mass is 223 g/mol. The number of aromatic hydroxyl groups is 1. The number of hydrogen-bond donors (Lipinski definition) is 1. The van der Waals surface area contributed by atoms with Gasteiger partial charge in [-0.05, 0) is 37.7 Å². The standard InChI is InChI=1S/C13H21NO2/c1-4-8-14(5-2)10-11-9-12(16-3)6-7-13(11)15/h6-7,9,15H,4-5,8,10H2,1-3H3. The highest BCUT2D eigenvalue weighted by atomic mass is 16.5. The van der Waals surface area contributed by atoms with Crippen molar-refractivity contribution >= 4 is 0 Å². The predicted octanol–water partition coefficient (Wildman–Crippen LogP) is 2.63. The number of hydrogen-bond acceptors (Lipinski definition) is 3. The molecule has 0 aliphatic rings. The van der Waals surface area contributed by atoms with Gasteiger partial charge in [-0.2, -0.15) is 0 Å². The van der Waals surface area contributed by atoms with E-state index in [-0.39, 0.29) is 0 Å². The van der Waals surface area contributed by atoms with Gasteiger partial charge in [0.05, 0.1) is 7.11 Å². The smallest absolute Gasteiger partial charge is 0.120 e. The lowest BCUT2D eigenvalue weighted by atomic mass is 10.1. The molecule has 0 unspecified atom stereocenters. The van der Waals surface area contributed by atoms with E-state index < -0.39 is 0 Å². The summed E-state index contributed by atoms with van der Waals surface area (Å²) < 4.78 is 5.16. The molecule has 1 rings (SSSR count). The van der Waals surface area contributed by atoms with Crippen LogP contribution in [-0.4, -0.2) is 30.2 Å². The highest BCUT2D eigenvalue weighted by Crippen LogP contribution is 2.24. The van der Waals surface area contributed by atoms with Crippen LogP contribution in [0.4, 0.5) is 0 Å². The molecule has 0 aromatic heterocycles. The lowest BCUT2D eigenvalue weighted by Gasteiger charge is -2.20. The molecule has 0 atom stereocenters. The number of ether oxygens (including phenoxy) is 1. The van der Waals surface area contributed by atoms with Gasteiger partial charge in [0.1, 0.15) is 11.5 Å². The fourth-order valence-electron chi connectivity index (χ4n) is 1.72. The Morgan fingerprint density at radius 3 is 2.62 bits per heavy atom. The van der Waals surface area contributed by atoms with E-state index in [4.69, 9.17) is 4.74 Å². The molecule has 3 heteroatoms. The Hall–Kier alpha value is -1.22. The van der Waals surface area contributed by atoms with Crippen molar-refractivity contribution < 1.29 is 9.84 Å². The first-order valence-corrected chi connectivity index (χ1v) is 5.79. The third-order valence-corrected chi connectivity index (χ3v) is 2.67. The Labute approximate surface area is 97.7 Å². The van der Waals surface area contributed by atoms with Crippen molar-refractivity contribution in [3.63, 3.8) is 0 Å². The van der Waals surface area contributed by atoms with Gasteiger partial charge in [0.25, 0.3) is 0 Å². The zero-order chi connectivity index (χ0) is 12.0. The minimum absolute atomic E-state index is 0.343. The van der Waals surface area contributed by atoms with E-state index in [9.17, 15) is 5.11 Å². The van der Waals surface area contributed by atoms with Crippen LogP contribution in [0.15, 0.2) is 18.2 Å². The van der Waals surface area contributed by atoms with Gasteiger partial charge in [0.15, 0.2) is 0 Å². The van der Waals surface area contributed by atoms with Crippen molar-refractivity contribution in [1.29, 1.82) is 0 Å². The molecule has 0 fully saturated rings. The van der Waals surface area contributed by atoms with Gasteiger partial charge < -0.3 is 9.84 Å². The molecule has 3 nitrogen and oxygen atoms in total. The molecule has 0 amide bonds. The summed E-state index contributed by atoms with van der Waals surface area (Å²) in [5, 5.41) is 9.76. The largest absolute Gasteiger partial charge is 0.508 e. The van der Waals surface area contributed by atoms with Gasteiger partial charge in [0, 0.05) is 12.1 Å². The van der Waals surface area contributed by atoms with E-state index in [0.29, 0.717) is 5.75 Å². The quantitative estimate of drug-likeness (QED) is 0.804. The Bertz CT molecular complexity index is 326. The number of methoxy groups -OCH3 is 1. The van der Waals surface area contributed by atoms with E-state index >= 15 is 0 Å². The van der Waals surface area contributed by atoms with Crippen molar-refractivity contribution in [1.82, 2.24) is 4.90 Å². The summed E-state index contributed by atoms with van der Waals surface area (Å²) in [7, 11) is 1.64. The molecule has 0 saturated heterocycles. The summed E-state index contributed by atoms with van der Waals surface area (Å²) in [6.07, 6.45) is 1.12. The maximum atomic E-state index is 9.76. The summed E-state index contributed by atoms with van der Waals surface area (Å²) in [6.45, 7) is 7.10. The number of rotatable bonds is 6. The Morgan fingerprint density at radius 1 is 1.31 bits per heavy atom. The van der Waals surface area contributed by atoms with Crippen LogP contribution < -0.4 is 4.74 Å². The van der Waals surface area contributed by atoms with Gasteiger partial charge in [-0.15, -0.1) is 0 Å². The van der Waals surface area contributed by atoms with Gasteiger partial charge in [-0.3, -0.25) is 4.90 Å². The Balaban J connectivity index is 2.77. The molecule has 0 heterocycles. The van der Waals surface area contributed by atoms with Gasteiger partial charge in [0.2, 0.25) is 0 Å². The molecule has 1 aromatic rings. The second-order valence-electron chi connectivity index (χ2n) is 3.86. The summed E-state index contributed by atoms with van der Waals surface area (Å²) in [5.74, 6) is 1.13. The minimum Gasteiger partial charge on any atom is -0.508 e. The molecule has 90 valence electrons. The van der Waals surface area contributed by atoms with Crippen LogP contribution in [0.2, 0.25) is 0 Å². The number of nitrogens with zero attached hydrogens (tertiary/aromatic N) is 1. The summed E-state index contributed by atoms with van der Waals surface area (Å²) in [6, 6.07) is 5.36. The average molecular weight is 223 g/mol. The third-order valence-electron chi connectivity index (χ3n) is 2.67. The topological polar surface area (TPSA) is 32.7 Å². The first-order chi connectivity index (χ1) is 7.71. The molecule has 16 heavy (non-hydrogen) atoms. The summed E-state index contributed by atoms with van der Waals surface area (Å²) in [5.41, 5.74) is 0.926. The molecule has 0 aliphatic heterocycles. The van der Waals surface area contributed by atoms with Gasteiger partial charge in [-0.1, -0.05) is 13.8 Å². The summed E-state index contributed by atoms with van der Waals surface area (Å²) >= 11 is 0. The lowest BCUT2D eigenvalue weighted by molar-refractivity contribution is 0.275. The van der Waals surface area contributed by atoms with Crippen LogP contribution in [0.3, 0.4) is 0 Å². The second kappa shape index (κ2) is 6.38. The maximum absolute atomic E-state index is 9.76. The Morgan fingerprint density at radius 2 is 2.06 bits per heavy atom. The predicted molar refractivity (Wildman–Crippen MR) is 65.9 cm³/mol. The highest BCUT2D eigenvalue weighted by molar-refractivity contribution is 5.39. The maximum Gasteiger partial charge on any atom is 0.120 e. The minimum atomic E-state index is 0.343. The molecule has 0 saturated carbocycles. The lowest BCUT2D eigenvalue weighted by Crippen LogP contribution is -2.23. The van der Waals surface area contributed by atoms with E-state index in [2.05, 4.69) is 18.7 Å². The number of phenolic OH excluding ortho intramolecular Hbond substituents is 1. The second-order valence-corrected chi connectivity index (χ2v) is 3.86. The third kappa shape index (κ3) is 3.42. The van der Waals surface area contributed by atoms with E-state index in [1.165, 1.54) is 0 Å².